The molecule has 1 amide bonds. The fraction of sp³-hybridized carbons (Fsp3) is 0.588. The lowest BCUT2D eigenvalue weighted by Gasteiger charge is -2.27. The van der Waals surface area contributed by atoms with Gasteiger partial charge in [-0.05, 0) is 49.9 Å². The molecule has 1 aliphatic carbocycles. The molecule has 132 valence electrons. The number of sulfonamides is 1. The van der Waals surface area contributed by atoms with Crippen LogP contribution in [0.1, 0.15) is 44.9 Å². The molecular weight excluding hydrogens is 392 g/mol. The molecule has 1 aromatic carbocycles. The zero-order chi connectivity index (χ0) is 17.2. The van der Waals surface area contributed by atoms with Gasteiger partial charge in [0.15, 0.2) is 0 Å². The SMILES string of the molecule is O=C(NC1CCCCC1)C1CCCN1S(=O)(=O)c1ccc(Br)cc1. The molecule has 0 radical (unpaired) electrons. The number of hydrogen-bond acceptors (Lipinski definition) is 3. The van der Waals surface area contributed by atoms with Crippen molar-refractivity contribution in [1.82, 2.24) is 9.62 Å². The van der Waals surface area contributed by atoms with E-state index in [0.29, 0.717) is 13.0 Å². The lowest BCUT2D eigenvalue weighted by molar-refractivity contribution is -0.125. The second-order valence-corrected chi connectivity index (χ2v) is 9.38. The Labute approximate surface area is 152 Å². The summed E-state index contributed by atoms with van der Waals surface area (Å²) in [6.45, 7) is 0.404. The summed E-state index contributed by atoms with van der Waals surface area (Å²) in [5.74, 6) is -0.139. The monoisotopic (exact) mass is 414 g/mol. The number of benzene rings is 1. The lowest BCUT2D eigenvalue weighted by atomic mass is 9.95. The van der Waals surface area contributed by atoms with Crippen LogP contribution in [0.25, 0.3) is 0 Å². The van der Waals surface area contributed by atoms with Gasteiger partial charge in [0, 0.05) is 17.1 Å². The molecule has 1 N–H and O–H groups in total. The fourth-order valence-corrected chi connectivity index (χ4v) is 5.50. The van der Waals surface area contributed by atoms with Crippen LogP contribution in [0, 0.1) is 0 Å². The summed E-state index contributed by atoms with van der Waals surface area (Å²) >= 11 is 3.31. The van der Waals surface area contributed by atoms with E-state index in [9.17, 15) is 13.2 Å². The van der Waals surface area contributed by atoms with Gasteiger partial charge in [-0.25, -0.2) is 8.42 Å². The third-order valence-corrected chi connectivity index (χ3v) is 7.33. The summed E-state index contributed by atoms with van der Waals surface area (Å²) in [5.41, 5.74) is 0. The van der Waals surface area contributed by atoms with Gasteiger partial charge in [0.1, 0.15) is 6.04 Å². The van der Waals surface area contributed by atoms with Crippen molar-refractivity contribution in [3.05, 3.63) is 28.7 Å². The van der Waals surface area contributed by atoms with Crippen molar-refractivity contribution >= 4 is 31.9 Å². The van der Waals surface area contributed by atoms with Crippen molar-refractivity contribution in [1.29, 1.82) is 0 Å². The number of rotatable bonds is 4. The van der Waals surface area contributed by atoms with Crippen LogP contribution in [-0.4, -0.2) is 37.3 Å². The number of hydrogen-bond donors (Lipinski definition) is 1. The third kappa shape index (κ3) is 3.83. The maximum Gasteiger partial charge on any atom is 0.243 e. The molecule has 24 heavy (non-hydrogen) atoms. The van der Waals surface area contributed by atoms with Gasteiger partial charge in [-0.15, -0.1) is 0 Å². The van der Waals surface area contributed by atoms with E-state index < -0.39 is 16.1 Å². The Kier molecular flexibility index (Phi) is 5.62. The minimum Gasteiger partial charge on any atom is -0.352 e. The number of carbonyl (C=O) groups excluding carboxylic acids is 1. The van der Waals surface area contributed by atoms with E-state index in [1.54, 1.807) is 24.3 Å². The van der Waals surface area contributed by atoms with Crippen LogP contribution in [0.2, 0.25) is 0 Å². The first-order valence-electron chi connectivity index (χ1n) is 8.56. The van der Waals surface area contributed by atoms with Crippen LogP contribution >= 0.6 is 15.9 Å². The highest BCUT2D eigenvalue weighted by Gasteiger charge is 2.39. The molecule has 0 aromatic heterocycles. The molecule has 1 atom stereocenters. The Morgan fingerprint density at radius 1 is 1.04 bits per heavy atom. The average molecular weight is 415 g/mol. The maximum atomic E-state index is 12.9. The summed E-state index contributed by atoms with van der Waals surface area (Å²) in [4.78, 5) is 12.9. The van der Waals surface area contributed by atoms with Crippen LogP contribution < -0.4 is 5.32 Å². The topological polar surface area (TPSA) is 66.5 Å². The van der Waals surface area contributed by atoms with Crippen molar-refractivity contribution in [2.45, 2.75) is 61.9 Å². The van der Waals surface area contributed by atoms with Crippen molar-refractivity contribution in [3.63, 3.8) is 0 Å². The quantitative estimate of drug-likeness (QED) is 0.822. The molecule has 2 fully saturated rings. The van der Waals surface area contributed by atoms with Crippen molar-refractivity contribution in [3.8, 4) is 0 Å². The van der Waals surface area contributed by atoms with Crippen LogP contribution in [0.3, 0.4) is 0 Å². The van der Waals surface area contributed by atoms with E-state index >= 15 is 0 Å². The second kappa shape index (κ2) is 7.54. The lowest BCUT2D eigenvalue weighted by Crippen LogP contribution is -2.49. The molecule has 5 nitrogen and oxygen atoms in total. The molecule has 1 saturated heterocycles. The summed E-state index contributed by atoms with van der Waals surface area (Å²) in [6.07, 6.45) is 6.80. The van der Waals surface area contributed by atoms with E-state index in [1.165, 1.54) is 10.7 Å². The van der Waals surface area contributed by atoms with E-state index in [2.05, 4.69) is 21.2 Å². The van der Waals surface area contributed by atoms with Crippen molar-refractivity contribution in [2.75, 3.05) is 6.54 Å². The first-order valence-corrected chi connectivity index (χ1v) is 10.8. The van der Waals surface area contributed by atoms with Crippen LogP contribution in [0.5, 0.6) is 0 Å². The van der Waals surface area contributed by atoms with Crippen molar-refractivity contribution < 1.29 is 13.2 Å². The minimum atomic E-state index is -3.64. The first kappa shape index (κ1) is 17.9. The van der Waals surface area contributed by atoms with Gasteiger partial charge in [-0.3, -0.25) is 4.79 Å². The van der Waals surface area contributed by atoms with Gasteiger partial charge in [-0.2, -0.15) is 4.31 Å². The highest BCUT2D eigenvalue weighted by molar-refractivity contribution is 9.10. The zero-order valence-corrected chi connectivity index (χ0v) is 16.0. The van der Waals surface area contributed by atoms with Gasteiger partial charge in [-0.1, -0.05) is 35.2 Å². The third-order valence-electron chi connectivity index (χ3n) is 4.88. The number of amides is 1. The Morgan fingerprint density at radius 3 is 2.38 bits per heavy atom. The highest BCUT2D eigenvalue weighted by Crippen LogP contribution is 2.27. The van der Waals surface area contributed by atoms with E-state index in [4.69, 9.17) is 0 Å². The largest absolute Gasteiger partial charge is 0.352 e. The predicted molar refractivity (Wildman–Crippen MR) is 96.1 cm³/mol. The summed E-state index contributed by atoms with van der Waals surface area (Å²) in [7, 11) is -3.64. The molecule has 1 aliphatic heterocycles. The van der Waals surface area contributed by atoms with Crippen LogP contribution in [-0.2, 0) is 14.8 Å². The number of nitrogens with one attached hydrogen (secondary N) is 1. The summed E-state index contributed by atoms with van der Waals surface area (Å²) in [5, 5.41) is 3.07. The molecule has 3 rings (SSSR count). The molecule has 7 heteroatoms. The number of halogens is 1. The van der Waals surface area contributed by atoms with Gasteiger partial charge in [0.2, 0.25) is 15.9 Å². The number of nitrogens with zero attached hydrogens (tertiary/aromatic N) is 1. The fourth-order valence-electron chi connectivity index (χ4n) is 3.58. The van der Waals surface area contributed by atoms with Crippen molar-refractivity contribution in [2.24, 2.45) is 0 Å². The molecule has 0 spiro atoms. The Bertz CT molecular complexity index is 684. The minimum absolute atomic E-state index is 0.139. The number of carbonyl (C=O) groups is 1. The zero-order valence-electron chi connectivity index (χ0n) is 13.6. The molecule has 1 heterocycles. The normalized spacial score (nSPS) is 23.3. The highest BCUT2D eigenvalue weighted by atomic mass is 79.9. The summed E-state index contributed by atoms with van der Waals surface area (Å²) in [6, 6.07) is 6.19. The summed E-state index contributed by atoms with van der Waals surface area (Å²) < 4.78 is 28.0. The van der Waals surface area contributed by atoms with Gasteiger partial charge < -0.3 is 5.32 Å². The molecule has 0 bridgehead atoms. The van der Waals surface area contributed by atoms with Crippen LogP contribution in [0.4, 0.5) is 0 Å². The van der Waals surface area contributed by atoms with Gasteiger partial charge >= 0.3 is 0 Å². The average Bonchev–Trinajstić information content (AvgIpc) is 3.07. The van der Waals surface area contributed by atoms with E-state index in [-0.39, 0.29) is 16.8 Å². The molecule has 1 unspecified atom stereocenters. The molecule has 1 aromatic rings. The molecular formula is C17H23BrN2O3S. The molecule has 2 aliphatic rings. The Morgan fingerprint density at radius 2 is 1.71 bits per heavy atom. The Hall–Kier alpha value is -0.920. The van der Waals surface area contributed by atoms with E-state index in [0.717, 1.165) is 36.6 Å². The Balaban J connectivity index is 1.74. The van der Waals surface area contributed by atoms with Gasteiger partial charge in [0.25, 0.3) is 0 Å². The standard InChI is InChI=1S/C17H23BrN2O3S/c18-13-8-10-15(11-9-13)24(22,23)20-12-4-7-16(20)17(21)19-14-5-2-1-3-6-14/h8-11,14,16H,1-7,12H2,(H,19,21). The second-order valence-electron chi connectivity index (χ2n) is 6.57. The predicted octanol–water partition coefficient (Wildman–Crippen LogP) is 3.05. The molecule has 1 saturated carbocycles. The first-order chi connectivity index (χ1) is 11.5. The van der Waals surface area contributed by atoms with Gasteiger partial charge in [0.05, 0.1) is 4.90 Å². The smallest absolute Gasteiger partial charge is 0.243 e. The van der Waals surface area contributed by atoms with Crippen LogP contribution in [0.15, 0.2) is 33.6 Å². The van der Waals surface area contributed by atoms with E-state index in [1.807, 2.05) is 0 Å². The maximum absolute atomic E-state index is 12.9.